The molecule has 0 bridgehead atoms. The molecule has 0 saturated carbocycles. The van der Waals surface area contributed by atoms with E-state index in [-0.39, 0.29) is 16.9 Å². The molecule has 0 aliphatic carbocycles. The van der Waals surface area contributed by atoms with E-state index in [0.29, 0.717) is 28.4 Å². The second kappa shape index (κ2) is 5.62. The van der Waals surface area contributed by atoms with E-state index in [4.69, 9.17) is 23.2 Å². The second-order valence-electron chi connectivity index (χ2n) is 4.87. The van der Waals surface area contributed by atoms with Crippen LogP contribution >= 0.6 is 23.2 Å². The average molecular weight is 335 g/mol. The fraction of sp³-hybridized carbons (Fsp3) is 0.462. The van der Waals surface area contributed by atoms with Gasteiger partial charge in [-0.15, -0.1) is 11.6 Å². The number of alkyl halides is 1. The predicted octanol–water partition coefficient (Wildman–Crippen LogP) is 3.65. The zero-order valence-corrected chi connectivity index (χ0v) is 12.9. The van der Waals surface area contributed by atoms with Crippen molar-refractivity contribution in [1.29, 1.82) is 0 Å². The number of rotatable bonds is 2. The first-order chi connectivity index (χ1) is 9.60. The van der Waals surface area contributed by atoms with Gasteiger partial charge in [0.1, 0.15) is 11.6 Å². The van der Waals surface area contributed by atoms with E-state index in [9.17, 15) is 8.60 Å². The highest BCUT2D eigenvalue weighted by molar-refractivity contribution is 7.85. The third-order valence-corrected chi connectivity index (χ3v) is 5.56. The molecule has 0 N–H and O–H groups in total. The van der Waals surface area contributed by atoms with Crippen LogP contribution in [0.3, 0.4) is 0 Å². The SMILES string of the molecule is O=S1CCC(n2c(CCl)nc3cc(Cl)c(F)cc32)CC1. The molecule has 0 radical (unpaired) electrons. The molecule has 108 valence electrons. The Hall–Kier alpha value is -0.650. The third-order valence-electron chi connectivity index (χ3n) is 3.65. The molecule has 1 saturated heterocycles. The van der Waals surface area contributed by atoms with Gasteiger partial charge in [-0.25, -0.2) is 9.37 Å². The summed E-state index contributed by atoms with van der Waals surface area (Å²) in [7, 11) is -0.735. The molecular formula is C13H13Cl2FN2OS. The maximum Gasteiger partial charge on any atom is 0.144 e. The molecule has 1 aromatic heterocycles. The van der Waals surface area contributed by atoms with E-state index >= 15 is 0 Å². The molecule has 1 aromatic carbocycles. The van der Waals surface area contributed by atoms with Crippen LogP contribution in [0.25, 0.3) is 11.0 Å². The minimum absolute atomic E-state index is 0.0630. The maximum absolute atomic E-state index is 13.7. The molecule has 0 spiro atoms. The van der Waals surface area contributed by atoms with Gasteiger partial charge in [-0.2, -0.15) is 0 Å². The number of imidazole rings is 1. The van der Waals surface area contributed by atoms with Crippen molar-refractivity contribution in [1.82, 2.24) is 9.55 Å². The largest absolute Gasteiger partial charge is 0.324 e. The van der Waals surface area contributed by atoms with Gasteiger partial charge in [-0.3, -0.25) is 4.21 Å². The van der Waals surface area contributed by atoms with E-state index in [2.05, 4.69) is 4.98 Å². The molecule has 0 unspecified atom stereocenters. The highest BCUT2D eigenvalue weighted by atomic mass is 35.5. The monoisotopic (exact) mass is 334 g/mol. The first-order valence-corrected chi connectivity index (χ1v) is 8.77. The number of benzene rings is 1. The van der Waals surface area contributed by atoms with Crippen LogP contribution in [-0.2, 0) is 16.7 Å². The van der Waals surface area contributed by atoms with Gasteiger partial charge in [-0.05, 0) is 18.9 Å². The van der Waals surface area contributed by atoms with Gasteiger partial charge < -0.3 is 4.57 Å². The van der Waals surface area contributed by atoms with Crippen LogP contribution in [0, 0.1) is 5.82 Å². The van der Waals surface area contributed by atoms with Gasteiger partial charge >= 0.3 is 0 Å². The van der Waals surface area contributed by atoms with Crippen LogP contribution in [0.2, 0.25) is 5.02 Å². The summed E-state index contributed by atoms with van der Waals surface area (Å²) >= 11 is 11.8. The smallest absolute Gasteiger partial charge is 0.144 e. The van der Waals surface area contributed by atoms with Crippen molar-refractivity contribution in [3.63, 3.8) is 0 Å². The van der Waals surface area contributed by atoms with Crippen LogP contribution < -0.4 is 0 Å². The second-order valence-corrected chi connectivity index (χ2v) is 7.24. The summed E-state index contributed by atoms with van der Waals surface area (Å²) in [6.45, 7) is 0. The van der Waals surface area contributed by atoms with E-state index in [0.717, 1.165) is 12.8 Å². The summed E-state index contributed by atoms with van der Waals surface area (Å²) < 4.78 is 27.2. The van der Waals surface area contributed by atoms with Gasteiger partial charge in [0.2, 0.25) is 0 Å². The molecule has 0 atom stereocenters. The van der Waals surface area contributed by atoms with E-state index in [1.54, 1.807) is 0 Å². The Kier molecular flexibility index (Phi) is 4.02. The molecule has 2 aromatic rings. The Morgan fingerprint density at radius 3 is 2.75 bits per heavy atom. The summed E-state index contributed by atoms with van der Waals surface area (Å²) in [5.74, 6) is 1.85. The minimum Gasteiger partial charge on any atom is -0.324 e. The number of halogens is 3. The van der Waals surface area contributed by atoms with Crippen molar-refractivity contribution in [2.45, 2.75) is 24.8 Å². The Bertz CT molecular complexity index is 679. The zero-order valence-electron chi connectivity index (χ0n) is 10.6. The van der Waals surface area contributed by atoms with Crippen molar-refractivity contribution in [2.75, 3.05) is 11.5 Å². The van der Waals surface area contributed by atoms with Crippen LogP contribution in [0.15, 0.2) is 12.1 Å². The summed E-state index contributed by atoms with van der Waals surface area (Å²) in [6.07, 6.45) is 1.60. The minimum atomic E-state index is -0.735. The number of fused-ring (bicyclic) bond motifs is 1. The predicted molar refractivity (Wildman–Crippen MR) is 80.4 cm³/mol. The van der Waals surface area contributed by atoms with Gasteiger partial charge in [0.25, 0.3) is 0 Å². The molecule has 3 nitrogen and oxygen atoms in total. The van der Waals surface area contributed by atoms with Gasteiger partial charge in [-0.1, -0.05) is 11.6 Å². The molecule has 20 heavy (non-hydrogen) atoms. The van der Waals surface area contributed by atoms with Gasteiger partial charge in [0.15, 0.2) is 0 Å². The number of hydrogen-bond donors (Lipinski definition) is 0. The highest BCUT2D eigenvalue weighted by Gasteiger charge is 2.24. The van der Waals surface area contributed by atoms with Crippen LogP contribution in [0.4, 0.5) is 4.39 Å². The van der Waals surface area contributed by atoms with Crippen molar-refractivity contribution in [3.05, 3.63) is 28.8 Å². The van der Waals surface area contributed by atoms with E-state index in [1.165, 1.54) is 12.1 Å². The molecular weight excluding hydrogens is 322 g/mol. The summed E-state index contributed by atoms with van der Waals surface area (Å²) in [4.78, 5) is 4.43. The van der Waals surface area contributed by atoms with E-state index in [1.807, 2.05) is 4.57 Å². The van der Waals surface area contributed by atoms with Crippen molar-refractivity contribution < 1.29 is 8.60 Å². The van der Waals surface area contributed by atoms with Gasteiger partial charge in [0.05, 0.1) is 21.9 Å². The lowest BCUT2D eigenvalue weighted by atomic mass is 10.1. The topological polar surface area (TPSA) is 34.9 Å². The standard InChI is InChI=1S/C13H13Cl2FN2OS/c14-7-13-17-11-5-9(15)10(16)6-12(11)18(13)8-1-3-20(19)4-2-8/h5-6,8H,1-4,7H2. The Morgan fingerprint density at radius 1 is 1.40 bits per heavy atom. The summed E-state index contributed by atoms with van der Waals surface area (Å²) in [5, 5.41) is 0.0630. The molecule has 2 heterocycles. The third kappa shape index (κ3) is 2.47. The normalized spacial score (nSPS) is 23.4. The fourth-order valence-corrected chi connectivity index (χ4v) is 4.30. The number of aromatic nitrogens is 2. The first-order valence-electron chi connectivity index (χ1n) is 6.37. The van der Waals surface area contributed by atoms with Crippen molar-refractivity contribution >= 4 is 45.0 Å². The lowest BCUT2D eigenvalue weighted by Gasteiger charge is -2.25. The average Bonchev–Trinajstić information content (AvgIpc) is 2.78. The quantitative estimate of drug-likeness (QED) is 0.785. The van der Waals surface area contributed by atoms with Crippen molar-refractivity contribution in [3.8, 4) is 0 Å². The van der Waals surface area contributed by atoms with E-state index < -0.39 is 16.6 Å². The molecule has 1 aliphatic rings. The fourth-order valence-electron chi connectivity index (χ4n) is 2.68. The summed E-state index contributed by atoms with van der Waals surface area (Å²) in [6, 6.07) is 3.11. The Morgan fingerprint density at radius 2 is 2.10 bits per heavy atom. The Balaban J connectivity index is 2.12. The maximum atomic E-state index is 13.7. The molecule has 0 amide bonds. The molecule has 3 rings (SSSR count). The van der Waals surface area contributed by atoms with Gasteiger partial charge in [0, 0.05) is 34.4 Å². The van der Waals surface area contributed by atoms with Crippen LogP contribution in [0.1, 0.15) is 24.7 Å². The number of nitrogens with zero attached hydrogens (tertiary/aromatic N) is 2. The molecule has 1 aliphatic heterocycles. The highest BCUT2D eigenvalue weighted by Crippen LogP contribution is 2.31. The summed E-state index contributed by atoms with van der Waals surface area (Å²) in [5.41, 5.74) is 1.36. The first kappa shape index (κ1) is 14.3. The zero-order chi connectivity index (χ0) is 14.3. The number of hydrogen-bond acceptors (Lipinski definition) is 2. The van der Waals surface area contributed by atoms with Crippen molar-refractivity contribution in [2.24, 2.45) is 0 Å². The molecule has 1 fully saturated rings. The lowest BCUT2D eigenvalue weighted by molar-refractivity contribution is 0.462. The molecule has 7 heteroatoms. The van der Waals surface area contributed by atoms with Crippen LogP contribution in [0.5, 0.6) is 0 Å². The lowest BCUT2D eigenvalue weighted by Crippen LogP contribution is -2.22. The van der Waals surface area contributed by atoms with Crippen LogP contribution in [-0.4, -0.2) is 25.3 Å². The Labute approximate surface area is 128 Å².